The summed E-state index contributed by atoms with van der Waals surface area (Å²) < 4.78 is 0. The third-order valence-electron chi connectivity index (χ3n) is 11.9. The van der Waals surface area contributed by atoms with Crippen LogP contribution in [0.4, 0.5) is 0 Å². The predicted molar refractivity (Wildman–Crippen MR) is 276 cm³/mol. The van der Waals surface area contributed by atoms with Crippen molar-refractivity contribution in [1.29, 1.82) is 0 Å². The Morgan fingerprint density at radius 3 is 1.38 bits per heavy atom. The van der Waals surface area contributed by atoms with E-state index in [2.05, 4.69) is 228 Å². The summed E-state index contributed by atoms with van der Waals surface area (Å²) in [6, 6.07) is 75.5. The number of rotatable bonds is 6. The average Bonchev–Trinajstić information content (AvgIpc) is 4.05. The molecule has 64 heavy (non-hydrogen) atoms. The van der Waals surface area contributed by atoms with Gasteiger partial charge in [0.2, 0.25) is 0 Å². The van der Waals surface area contributed by atoms with Crippen molar-refractivity contribution in [3.63, 3.8) is 0 Å². The molecule has 11 rings (SSSR count). The first-order valence-electron chi connectivity index (χ1n) is 21.9. The monoisotopic (exact) mass is 957 g/mol. The van der Waals surface area contributed by atoms with Crippen molar-refractivity contribution in [2.45, 2.75) is 40.5 Å². The smallest absolute Gasteiger partial charge is 0.0920 e. The fourth-order valence-electron chi connectivity index (χ4n) is 9.03. The van der Waals surface area contributed by atoms with Crippen LogP contribution in [-0.2, 0) is 33.7 Å². The molecular weight excluding hydrogens is 911 g/mol. The first-order chi connectivity index (χ1) is 31.4. The molecule has 0 saturated heterocycles. The molecule has 0 N–H and O–H groups in total. The average molecular weight is 960 g/mol. The second kappa shape index (κ2) is 21.6. The van der Waals surface area contributed by atoms with Gasteiger partial charge < -0.3 is 0 Å². The molecule has 0 atom stereocenters. The van der Waals surface area contributed by atoms with Crippen LogP contribution in [0.1, 0.15) is 36.1 Å². The summed E-state index contributed by atoms with van der Waals surface area (Å²) in [4.78, 5) is 0. The molecule has 10 aromatic carbocycles. The van der Waals surface area contributed by atoms with Crippen LogP contribution in [0.25, 0.3) is 77.2 Å². The maximum absolute atomic E-state index is 4.93. The van der Waals surface area contributed by atoms with E-state index in [1.54, 1.807) is 0 Å². The van der Waals surface area contributed by atoms with Crippen molar-refractivity contribution in [3.8, 4) is 55.6 Å². The van der Waals surface area contributed by atoms with E-state index in [0.717, 1.165) is 22.4 Å². The Bertz CT molecular complexity index is 2910. The Morgan fingerprint density at radius 2 is 0.891 bits per heavy atom. The van der Waals surface area contributed by atoms with E-state index in [1.807, 2.05) is 6.07 Å². The largest absolute Gasteiger partial charge is 0.184 e. The van der Waals surface area contributed by atoms with Gasteiger partial charge in [-0.25, -0.2) is 0 Å². The zero-order valence-corrected chi connectivity index (χ0v) is 41.7. The fraction of sp³-hybridized carbons (Fsp3) is 0.100. The molecule has 1 aliphatic rings. The maximum Gasteiger partial charge on any atom is 0.0920 e. The van der Waals surface area contributed by atoms with Gasteiger partial charge in [0.25, 0.3) is 0 Å². The quantitative estimate of drug-likeness (QED) is 0.115. The molecule has 0 bridgehead atoms. The van der Waals surface area contributed by atoms with Gasteiger partial charge in [0.05, 0.1) is 9.52 Å². The Morgan fingerprint density at radius 1 is 0.469 bits per heavy atom. The molecule has 10 aromatic rings. The van der Waals surface area contributed by atoms with Crippen LogP contribution < -0.4 is 10.4 Å². The van der Waals surface area contributed by atoms with Crippen LogP contribution in [0.2, 0.25) is 0 Å². The zero-order valence-electron chi connectivity index (χ0n) is 36.7. The van der Waals surface area contributed by atoms with Crippen molar-refractivity contribution in [2.75, 3.05) is 0 Å². The van der Waals surface area contributed by atoms with Crippen LogP contribution in [-0.4, -0.2) is 9.52 Å². The maximum atomic E-state index is 4.93. The van der Waals surface area contributed by atoms with Crippen LogP contribution in [0, 0.1) is 19.9 Å². The number of halogens is 2. The van der Waals surface area contributed by atoms with Crippen molar-refractivity contribution in [3.05, 3.63) is 229 Å². The second-order valence-electron chi connectivity index (χ2n) is 16.0. The first-order valence-corrected chi connectivity index (χ1v) is 29.3. The number of fused-ring (bicyclic) bond motifs is 5. The van der Waals surface area contributed by atoms with E-state index in [9.17, 15) is 0 Å². The summed E-state index contributed by atoms with van der Waals surface area (Å²) in [5, 5.41) is 8.19. The number of hydrogen-bond acceptors (Lipinski definition) is 0. The molecule has 0 nitrogen and oxygen atoms in total. The minimum Gasteiger partial charge on any atom is -0.184 e. The topological polar surface area (TPSA) is 0 Å². The third kappa shape index (κ3) is 9.97. The van der Waals surface area contributed by atoms with E-state index >= 15 is 0 Å². The molecule has 4 heteroatoms. The molecular formula is C60H49Cl2SiZr-3. The van der Waals surface area contributed by atoms with E-state index in [0.29, 0.717) is 0 Å². The summed E-state index contributed by atoms with van der Waals surface area (Å²) in [5.74, 6) is 0. The van der Waals surface area contributed by atoms with E-state index < -0.39 is 20.8 Å². The number of benzene rings is 8. The van der Waals surface area contributed by atoms with Gasteiger partial charge in [-0.1, -0.05) is 195 Å². The first kappa shape index (κ1) is 45.2. The minimum atomic E-state index is -0.826. The van der Waals surface area contributed by atoms with Gasteiger partial charge in [0.15, 0.2) is 0 Å². The normalized spacial score (nSPS) is 11.0. The van der Waals surface area contributed by atoms with Crippen molar-refractivity contribution in [2.24, 2.45) is 0 Å². The SMILES string of the molecule is CCc1ccccc1-c1c(-c2ccccc2)ccc2[cH-]c(C)cc12.CCc1ccccc1-c1c(-c2ccccc2)ccc2[cH-]c(C)cc12.[Cl][Zr][Cl].[c-]1cccc2c1[Si]c1ccccc1-2. The van der Waals surface area contributed by atoms with Crippen molar-refractivity contribution >= 4 is 58.5 Å². The van der Waals surface area contributed by atoms with E-state index in [1.165, 1.54) is 110 Å². The molecule has 1 aliphatic heterocycles. The van der Waals surface area contributed by atoms with Gasteiger partial charge in [0, 0.05) is 0 Å². The molecule has 0 fully saturated rings. The summed E-state index contributed by atoms with van der Waals surface area (Å²) in [7, 11) is 10.7. The molecule has 0 saturated carbocycles. The van der Waals surface area contributed by atoms with Gasteiger partial charge in [-0.05, 0) is 57.3 Å². The number of hydrogen-bond donors (Lipinski definition) is 0. The molecule has 0 amide bonds. The predicted octanol–water partition coefficient (Wildman–Crippen LogP) is 16.0. The minimum absolute atomic E-state index is 0.795. The Labute approximate surface area is 400 Å². The molecule has 0 unspecified atom stereocenters. The summed E-state index contributed by atoms with van der Waals surface area (Å²) >= 11 is -0.826. The van der Waals surface area contributed by atoms with Crippen LogP contribution in [0.5, 0.6) is 0 Å². The zero-order chi connectivity index (χ0) is 44.4. The van der Waals surface area contributed by atoms with Crippen LogP contribution >= 0.6 is 17.0 Å². The second-order valence-corrected chi connectivity index (χ2v) is 21.0. The molecule has 1 heterocycles. The Balaban J connectivity index is 0.000000132. The molecule has 314 valence electrons. The van der Waals surface area contributed by atoms with E-state index in [4.69, 9.17) is 17.0 Å². The summed E-state index contributed by atoms with van der Waals surface area (Å²) in [6.07, 6.45) is 2.08. The number of aryl methyl sites for hydroxylation is 4. The summed E-state index contributed by atoms with van der Waals surface area (Å²) in [6.45, 7) is 8.82. The van der Waals surface area contributed by atoms with Gasteiger partial charge in [-0.15, -0.1) is 62.5 Å². The molecule has 0 aliphatic carbocycles. The van der Waals surface area contributed by atoms with E-state index in [-0.39, 0.29) is 0 Å². The molecule has 0 spiro atoms. The van der Waals surface area contributed by atoms with Gasteiger partial charge >= 0.3 is 37.9 Å². The van der Waals surface area contributed by atoms with Gasteiger partial charge in [-0.3, -0.25) is 0 Å². The van der Waals surface area contributed by atoms with Crippen LogP contribution in [0.15, 0.2) is 200 Å². The summed E-state index contributed by atoms with van der Waals surface area (Å²) in [5.41, 5.74) is 18.9. The molecule has 0 aromatic heterocycles. The fourth-order valence-corrected chi connectivity index (χ4v) is 10.3. The van der Waals surface area contributed by atoms with Gasteiger partial charge in [-0.2, -0.15) is 41.6 Å². The third-order valence-corrected chi connectivity index (χ3v) is 13.3. The Hall–Kier alpha value is -5.34. The van der Waals surface area contributed by atoms with Crippen molar-refractivity contribution in [1.82, 2.24) is 0 Å². The Kier molecular flexibility index (Phi) is 15.2. The van der Waals surface area contributed by atoms with Crippen molar-refractivity contribution < 1.29 is 20.8 Å². The van der Waals surface area contributed by atoms with Crippen LogP contribution in [0.3, 0.4) is 0 Å². The standard InChI is InChI=1S/2C24H21.C12H7Si.2ClH.Zr/c2*1-3-18-9-7-8-12-21(18)24-22(19-10-5-4-6-11-19)14-13-20-15-17(2)16-23(20)24;1-3-7-11-9(5-1)10-6-2-4-8-12(10)13-11;;;/h2*4-16H,3H2,1-2H3;1-7H;2*1H;/q3*-1;;;+2/p-2. The molecule has 2 radical (unpaired) electrons. The van der Waals surface area contributed by atoms with Gasteiger partial charge in [0.1, 0.15) is 0 Å².